The molecule has 1 aliphatic rings. The second kappa shape index (κ2) is 8.80. The minimum atomic E-state index is -0.00414. The van der Waals surface area contributed by atoms with Gasteiger partial charge in [-0.15, -0.1) is 18.0 Å². The molecule has 100 valence electrons. The van der Waals surface area contributed by atoms with E-state index in [4.69, 9.17) is 22.8 Å². The zero-order valence-corrected chi connectivity index (χ0v) is 13.0. The van der Waals surface area contributed by atoms with Crippen LogP contribution in [0, 0.1) is 12.3 Å². The van der Waals surface area contributed by atoms with Gasteiger partial charge in [-0.25, -0.2) is 0 Å². The van der Waals surface area contributed by atoms with Crippen LogP contribution in [0.3, 0.4) is 0 Å². The highest BCUT2D eigenvalue weighted by atomic mass is 79.9. The Morgan fingerprint density at radius 3 is 2.83 bits per heavy atom. The highest BCUT2D eigenvalue weighted by molar-refractivity contribution is 9.09. The Balaban J connectivity index is 2.73. The van der Waals surface area contributed by atoms with Gasteiger partial charge in [0.2, 0.25) is 0 Å². The average molecular weight is 332 g/mol. The van der Waals surface area contributed by atoms with Crippen molar-refractivity contribution in [3.8, 4) is 12.3 Å². The van der Waals surface area contributed by atoms with Gasteiger partial charge in [-0.3, -0.25) is 0 Å². The predicted molar refractivity (Wildman–Crippen MR) is 82.3 cm³/mol. The first-order valence-corrected chi connectivity index (χ1v) is 7.74. The Hall–Kier alpha value is -0.230. The number of allylic oxidation sites excluding steroid dienone is 3. The van der Waals surface area contributed by atoms with Crippen LogP contribution in [0.4, 0.5) is 0 Å². The monoisotopic (exact) mass is 330 g/mol. The number of hydrogen-bond acceptors (Lipinski definition) is 1. The Bertz CT molecular complexity index is 332. The quantitative estimate of drug-likeness (QED) is 0.422. The van der Waals surface area contributed by atoms with Crippen LogP contribution in [0.5, 0.6) is 0 Å². The summed E-state index contributed by atoms with van der Waals surface area (Å²) in [5.41, 5.74) is 0. The normalized spacial score (nSPS) is 35.4. The molecule has 1 heterocycles. The smallest absolute Gasteiger partial charge is 0.0780 e. The molecule has 0 saturated heterocycles. The minimum Gasteiger partial charge on any atom is -0.372 e. The molecule has 0 aromatic heterocycles. The molecule has 0 spiro atoms. The molecule has 0 radical (unpaired) electrons. The Labute approximate surface area is 124 Å². The lowest BCUT2D eigenvalue weighted by Crippen LogP contribution is -2.33. The maximum atomic E-state index is 6.40. The van der Waals surface area contributed by atoms with Crippen LogP contribution in [-0.2, 0) is 4.74 Å². The first kappa shape index (κ1) is 15.8. The first-order valence-electron chi connectivity index (χ1n) is 6.38. The maximum Gasteiger partial charge on any atom is 0.0780 e. The van der Waals surface area contributed by atoms with Gasteiger partial charge in [0, 0.05) is 4.83 Å². The fraction of sp³-hybridized carbons (Fsp3) is 0.600. The van der Waals surface area contributed by atoms with Crippen LogP contribution in [0.2, 0.25) is 0 Å². The lowest BCUT2D eigenvalue weighted by Gasteiger charge is -2.28. The predicted octanol–water partition coefficient (Wildman–Crippen LogP) is 4.45. The van der Waals surface area contributed by atoms with Gasteiger partial charge in [-0.1, -0.05) is 47.0 Å². The van der Waals surface area contributed by atoms with E-state index >= 15 is 0 Å². The van der Waals surface area contributed by atoms with Gasteiger partial charge in [0.05, 0.1) is 17.6 Å². The molecular formula is C15H20BrClO. The molecule has 0 bridgehead atoms. The summed E-state index contributed by atoms with van der Waals surface area (Å²) in [6.07, 6.45) is 17.0. The molecule has 1 aliphatic heterocycles. The molecule has 1 unspecified atom stereocenters. The lowest BCUT2D eigenvalue weighted by molar-refractivity contribution is -0.0123. The third kappa shape index (κ3) is 5.18. The molecule has 0 fully saturated rings. The third-order valence-electron chi connectivity index (χ3n) is 3.03. The molecule has 1 nitrogen and oxygen atoms in total. The van der Waals surface area contributed by atoms with Crippen LogP contribution in [0.15, 0.2) is 24.3 Å². The summed E-state index contributed by atoms with van der Waals surface area (Å²) < 4.78 is 6.15. The summed E-state index contributed by atoms with van der Waals surface area (Å²) in [4.78, 5) is 0.347. The molecule has 4 atom stereocenters. The Morgan fingerprint density at radius 2 is 2.17 bits per heavy atom. The second-order valence-corrected chi connectivity index (χ2v) is 6.14. The van der Waals surface area contributed by atoms with Crippen molar-refractivity contribution in [1.82, 2.24) is 0 Å². The van der Waals surface area contributed by atoms with Gasteiger partial charge in [-0.05, 0) is 31.8 Å². The van der Waals surface area contributed by atoms with Gasteiger partial charge in [0.15, 0.2) is 0 Å². The fourth-order valence-corrected chi connectivity index (χ4v) is 2.96. The Kier molecular flexibility index (Phi) is 7.74. The van der Waals surface area contributed by atoms with E-state index in [1.807, 2.05) is 6.08 Å². The van der Waals surface area contributed by atoms with Crippen molar-refractivity contribution in [3.05, 3.63) is 24.3 Å². The third-order valence-corrected chi connectivity index (χ3v) is 4.45. The molecule has 3 heteroatoms. The molecule has 0 aromatic carbocycles. The standard InChI is InChI=1S/C15H20BrClO/c1-3-5-6-11-15-13(17)10-8-7-9-12(16)14(4-2)18-15/h1,5-8,12-15H,4,9-11H2,2H3/b6-5+,8-7-/t12?,13-,14+,15-/m0/s1. The minimum absolute atomic E-state index is 0.00414. The van der Waals surface area contributed by atoms with Crippen LogP contribution >= 0.6 is 27.5 Å². The molecule has 0 amide bonds. The number of hydrogen-bond donors (Lipinski definition) is 0. The zero-order valence-electron chi connectivity index (χ0n) is 10.7. The van der Waals surface area contributed by atoms with Crippen LogP contribution in [-0.4, -0.2) is 22.4 Å². The van der Waals surface area contributed by atoms with E-state index in [0.29, 0.717) is 4.83 Å². The second-order valence-electron chi connectivity index (χ2n) is 4.40. The van der Waals surface area contributed by atoms with Gasteiger partial charge in [0.1, 0.15) is 0 Å². The summed E-state index contributed by atoms with van der Waals surface area (Å²) in [6, 6.07) is 0. The Morgan fingerprint density at radius 1 is 1.44 bits per heavy atom. The van der Waals surface area contributed by atoms with Gasteiger partial charge in [-0.2, -0.15) is 0 Å². The zero-order chi connectivity index (χ0) is 13.4. The van der Waals surface area contributed by atoms with E-state index < -0.39 is 0 Å². The van der Waals surface area contributed by atoms with E-state index in [1.54, 1.807) is 6.08 Å². The summed E-state index contributed by atoms with van der Waals surface area (Å²) in [5, 5.41) is -0.00414. The fourth-order valence-electron chi connectivity index (χ4n) is 1.98. The average Bonchev–Trinajstić information content (AvgIpc) is 2.43. The van der Waals surface area contributed by atoms with E-state index in [1.165, 1.54) is 0 Å². The van der Waals surface area contributed by atoms with E-state index in [2.05, 4.69) is 40.9 Å². The topological polar surface area (TPSA) is 9.23 Å². The van der Waals surface area contributed by atoms with Crippen molar-refractivity contribution >= 4 is 27.5 Å². The van der Waals surface area contributed by atoms with Crippen LogP contribution in [0.25, 0.3) is 0 Å². The van der Waals surface area contributed by atoms with Gasteiger partial charge < -0.3 is 4.74 Å². The first-order chi connectivity index (χ1) is 8.69. The van der Waals surface area contributed by atoms with Crippen molar-refractivity contribution in [2.24, 2.45) is 0 Å². The molecule has 0 aromatic rings. The SMILES string of the molecule is C#C/C=C/C[C@@H]1O[C@H](CC)C(Br)C/C=C\C[C@@H]1Cl. The van der Waals surface area contributed by atoms with Crippen molar-refractivity contribution in [2.75, 3.05) is 0 Å². The van der Waals surface area contributed by atoms with Crippen molar-refractivity contribution < 1.29 is 4.74 Å². The number of terminal acetylenes is 1. The van der Waals surface area contributed by atoms with Crippen LogP contribution < -0.4 is 0 Å². The van der Waals surface area contributed by atoms with Gasteiger partial charge in [0.25, 0.3) is 0 Å². The molecule has 0 aliphatic carbocycles. The van der Waals surface area contributed by atoms with E-state index in [-0.39, 0.29) is 17.6 Å². The van der Waals surface area contributed by atoms with Crippen molar-refractivity contribution in [1.29, 1.82) is 0 Å². The van der Waals surface area contributed by atoms with E-state index in [0.717, 1.165) is 25.7 Å². The largest absolute Gasteiger partial charge is 0.372 e. The van der Waals surface area contributed by atoms with Crippen LogP contribution in [0.1, 0.15) is 32.6 Å². The molecular weight excluding hydrogens is 312 g/mol. The number of rotatable bonds is 3. The summed E-state index contributed by atoms with van der Waals surface area (Å²) in [5.74, 6) is 2.49. The number of alkyl halides is 2. The summed E-state index contributed by atoms with van der Waals surface area (Å²) in [6.45, 7) is 2.14. The number of halogens is 2. The van der Waals surface area contributed by atoms with Crippen molar-refractivity contribution in [2.45, 2.75) is 55.0 Å². The van der Waals surface area contributed by atoms with E-state index in [9.17, 15) is 0 Å². The number of ether oxygens (including phenoxy) is 1. The highest BCUT2D eigenvalue weighted by Gasteiger charge is 2.26. The van der Waals surface area contributed by atoms with Gasteiger partial charge >= 0.3 is 0 Å². The molecule has 18 heavy (non-hydrogen) atoms. The summed E-state index contributed by atoms with van der Waals surface area (Å²) in [7, 11) is 0. The summed E-state index contributed by atoms with van der Waals surface area (Å²) >= 11 is 10.1. The highest BCUT2D eigenvalue weighted by Crippen LogP contribution is 2.26. The lowest BCUT2D eigenvalue weighted by atomic mass is 10.1. The molecule has 0 N–H and O–H groups in total. The van der Waals surface area contributed by atoms with Crippen molar-refractivity contribution in [3.63, 3.8) is 0 Å². The molecule has 0 saturated carbocycles. The molecule has 1 rings (SSSR count). The maximum absolute atomic E-state index is 6.40.